The highest BCUT2D eigenvalue weighted by molar-refractivity contribution is 5.74. The van der Waals surface area contributed by atoms with Crippen LogP contribution in [-0.4, -0.2) is 20.5 Å². The summed E-state index contributed by atoms with van der Waals surface area (Å²) in [5, 5.41) is 31.5. The van der Waals surface area contributed by atoms with Crippen LogP contribution in [0.5, 0.6) is 17.2 Å². The fourth-order valence-corrected chi connectivity index (χ4v) is 1.26. The Labute approximate surface area is 84.2 Å². The molecule has 0 radical (unpaired) electrons. The summed E-state index contributed by atoms with van der Waals surface area (Å²) in [6.45, 7) is 0. The van der Waals surface area contributed by atoms with Crippen LogP contribution in [0, 0.1) is 0 Å². The number of benzene rings is 1. The van der Waals surface area contributed by atoms with E-state index in [4.69, 9.17) is 15.4 Å². The average Bonchev–Trinajstić information content (AvgIpc) is 2.49. The van der Waals surface area contributed by atoms with E-state index >= 15 is 0 Å². The van der Waals surface area contributed by atoms with Crippen molar-refractivity contribution in [3.05, 3.63) is 18.2 Å². The SMILES string of the molecule is Nc1cc(-c2c(O)cc(O)cc2O)on1. The molecule has 6 heteroatoms. The number of hydrogen-bond acceptors (Lipinski definition) is 6. The zero-order chi connectivity index (χ0) is 11.0. The first-order valence-corrected chi connectivity index (χ1v) is 4.05. The Morgan fingerprint density at radius 2 is 1.67 bits per heavy atom. The maximum absolute atomic E-state index is 9.49. The number of anilines is 1. The Morgan fingerprint density at radius 3 is 2.13 bits per heavy atom. The van der Waals surface area contributed by atoms with Crippen LogP contribution in [0.15, 0.2) is 22.7 Å². The lowest BCUT2D eigenvalue weighted by Gasteiger charge is -2.03. The highest BCUT2D eigenvalue weighted by atomic mass is 16.5. The van der Waals surface area contributed by atoms with Gasteiger partial charge in [-0.2, -0.15) is 0 Å². The number of aromatic hydroxyl groups is 3. The van der Waals surface area contributed by atoms with Crippen molar-refractivity contribution in [1.29, 1.82) is 0 Å². The molecule has 5 N–H and O–H groups in total. The molecule has 0 atom stereocenters. The molecule has 15 heavy (non-hydrogen) atoms. The molecule has 0 amide bonds. The van der Waals surface area contributed by atoms with Gasteiger partial charge in [0.15, 0.2) is 11.6 Å². The van der Waals surface area contributed by atoms with Crippen molar-refractivity contribution in [3.63, 3.8) is 0 Å². The fourth-order valence-electron chi connectivity index (χ4n) is 1.26. The normalized spacial score (nSPS) is 10.4. The molecule has 2 rings (SSSR count). The molecular formula is C9H8N2O4. The molecule has 0 bridgehead atoms. The third kappa shape index (κ3) is 1.52. The van der Waals surface area contributed by atoms with Crippen LogP contribution < -0.4 is 5.73 Å². The summed E-state index contributed by atoms with van der Waals surface area (Å²) in [6, 6.07) is 3.51. The Bertz CT molecular complexity index is 484. The van der Waals surface area contributed by atoms with Gasteiger partial charge in [0.1, 0.15) is 22.8 Å². The van der Waals surface area contributed by atoms with Gasteiger partial charge in [0.2, 0.25) is 0 Å². The van der Waals surface area contributed by atoms with E-state index in [0.717, 1.165) is 12.1 Å². The first kappa shape index (κ1) is 9.20. The van der Waals surface area contributed by atoms with E-state index in [1.54, 1.807) is 0 Å². The summed E-state index contributed by atoms with van der Waals surface area (Å²) in [5.74, 6) is -0.618. The summed E-state index contributed by atoms with van der Waals surface area (Å²) < 4.78 is 4.78. The van der Waals surface area contributed by atoms with Crippen molar-refractivity contribution in [2.24, 2.45) is 0 Å². The minimum absolute atomic E-state index is 0.0389. The number of nitrogen functional groups attached to an aromatic ring is 1. The highest BCUT2D eigenvalue weighted by Crippen LogP contribution is 2.40. The lowest BCUT2D eigenvalue weighted by Crippen LogP contribution is -1.80. The molecule has 6 nitrogen and oxygen atoms in total. The van der Waals surface area contributed by atoms with Crippen molar-refractivity contribution in [2.75, 3.05) is 5.73 Å². The van der Waals surface area contributed by atoms with Gasteiger partial charge in [-0.25, -0.2) is 0 Å². The molecule has 1 aromatic carbocycles. The van der Waals surface area contributed by atoms with Crippen molar-refractivity contribution in [3.8, 4) is 28.6 Å². The topological polar surface area (TPSA) is 113 Å². The van der Waals surface area contributed by atoms with Crippen molar-refractivity contribution in [1.82, 2.24) is 5.16 Å². The van der Waals surface area contributed by atoms with Crippen LogP contribution in [0.25, 0.3) is 11.3 Å². The number of aromatic nitrogens is 1. The third-order valence-corrected chi connectivity index (χ3v) is 1.86. The number of nitrogens with zero attached hydrogens (tertiary/aromatic N) is 1. The average molecular weight is 208 g/mol. The van der Waals surface area contributed by atoms with E-state index < -0.39 is 0 Å². The van der Waals surface area contributed by atoms with Crippen LogP contribution in [-0.2, 0) is 0 Å². The maximum atomic E-state index is 9.49. The van der Waals surface area contributed by atoms with Crippen LogP contribution >= 0.6 is 0 Å². The van der Waals surface area contributed by atoms with Crippen LogP contribution in [0.2, 0.25) is 0 Å². The minimum Gasteiger partial charge on any atom is -0.508 e. The summed E-state index contributed by atoms with van der Waals surface area (Å²) in [5.41, 5.74) is 5.37. The second-order valence-electron chi connectivity index (χ2n) is 2.98. The number of nitrogens with two attached hydrogens (primary N) is 1. The van der Waals surface area contributed by atoms with Crippen molar-refractivity contribution < 1.29 is 19.8 Å². The Hall–Kier alpha value is -2.37. The smallest absolute Gasteiger partial charge is 0.176 e. The minimum atomic E-state index is -0.316. The summed E-state index contributed by atoms with van der Waals surface area (Å²) in [7, 11) is 0. The zero-order valence-electron chi connectivity index (χ0n) is 7.51. The van der Waals surface area contributed by atoms with E-state index in [2.05, 4.69) is 5.16 Å². The Balaban J connectivity index is 2.62. The predicted octanol–water partition coefficient (Wildman–Crippen LogP) is 1.04. The van der Waals surface area contributed by atoms with Crippen molar-refractivity contribution in [2.45, 2.75) is 0 Å². The van der Waals surface area contributed by atoms with Crippen LogP contribution in [0.1, 0.15) is 0 Å². The van der Waals surface area contributed by atoms with Crippen LogP contribution in [0.3, 0.4) is 0 Å². The largest absolute Gasteiger partial charge is 0.508 e. The quantitative estimate of drug-likeness (QED) is 0.557. The molecule has 0 aliphatic rings. The van der Waals surface area contributed by atoms with E-state index in [-0.39, 0.29) is 34.4 Å². The standard InChI is InChI=1S/C9H8N2O4/c10-8-3-7(15-11-8)9-5(13)1-4(12)2-6(9)14/h1-3,12-14H,(H2,10,11). The number of hydrogen-bond donors (Lipinski definition) is 4. The van der Waals surface area contributed by atoms with Gasteiger partial charge >= 0.3 is 0 Å². The molecule has 0 saturated carbocycles. The second kappa shape index (κ2) is 3.09. The molecule has 1 aromatic heterocycles. The fraction of sp³-hybridized carbons (Fsp3) is 0. The van der Waals surface area contributed by atoms with Gasteiger partial charge in [-0.3, -0.25) is 0 Å². The van der Waals surface area contributed by atoms with Crippen molar-refractivity contribution >= 4 is 5.82 Å². The van der Waals surface area contributed by atoms with Crippen LogP contribution in [0.4, 0.5) is 5.82 Å². The predicted molar refractivity (Wildman–Crippen MR) is 51.3 cm³/mol. The summed E-state index contributed by atoms with van der Waals surface area (Å²) in [4.78, 5) is 0. The summed E-state index contributed by atoms with van der Waals surface area (Å²) >= 11 is 0. The monoisotopic (exact) mass is 208 g/mol. The van der Waals surface area contributed by atoms with E-state index in [9.17, 15) is 10.2 Å². The molecule has 0 saturated heterocycles. The number of phenolic OH excluding ortho intramolecular Hbond substituents is 3. The lowest BCUT2D eigenvalue weighted by atomic mass is 10.1. The molecular weight excluding hydrogens is 200 g/mol. The first-order chi connectivity index (χ1) is 7.08. The Morgan fingerprint density at radius 1 is 1.07 bits per heavy atom. The lowest BCUT2D eigenvalue weighted by molar-refractivity contribution is 0.411. The van der Waals surface area contributed by atoms with Gasteiger partial charge in [-0.05, 0) is 0 Å². The molecule has 0 aliphatic carbocycles. The summed E-state index contributed by atoms with van der Waals surface area (Å²) in [6.07, 6.45) is 0. The first-order valence-electron chi connectivity index (χ1n) is 4.05. The molecule has 0 spiro atoms. The van der Waals surface area contributed by atoms with Gasteiger partial charge in [0, 0.05) is 18.2 Å². The van der Waals surface area contributed by atoms with E-state index in [1.807, 2.05) is 0 Å². The van der Waals surface area contributed by atoms with Gasteiger partial charge in [0.05, 0.1) is 0 Å². The maximum Gasteiger partial charge on any atom is 0.176 e. The highest BCUT2D eigenvalue weighted by Gasteiger charge is 2.16. The number of rotatable bonds is 1. The third-order valence-electron chi connectivity index (χ3n) is 1.86. The molecule has 0 aliphatic heterocycles. The van der Waals surface area contributed by atoms with Gasteiger partial charge in [-0.15, -0.1) is 0 Å². The zero-order valence-corrected chi connectivity index (χ0v) is 7.51. The van der Waals surface area contributed by atoms with Gasteiger partial charge < -0.3 is 25.6 Å². The molecule has 2 aromatic rings. The van der Waals surface area contributed by atoms with Gasteiger partial charge in [0.25, 0.3) is 0 Å². The van der Waals surface area contributed by atoms with E-state index in [1.165, 1.54) is 6.07 Å². The second-order valence-corrected chi connectivity index (χ2v) is 2.98. The Kier molecular flexibility index (Phi) is 1.89. The molecule has 0 fully saturated rings. The molecule has 1 heterocycles. The van der Waals surface area contributed by atoms with E-state index in [0.29, 0.717) is 0 Å². The molecule has 0 unspecified atom stereocenters. The van der Waals surface area contributed by atoms with Gasteiger partial charge in [-0.1, -0.05) is 5.16 Å². The molecule has 78 valence electrons. The number of phenols is 3.